The van der Waals surface area contributed by atoms with Crippen molar-refractivity contribution in [3.05, 3.63) is 53.6 Å². The van der Waals surface area contributed by atoms with Gasteiger partial charge < -0.3 is 4.90 Å². The Hall–Kier alpha value is -2.71. The van der Waals surface area contributed by atoms with Gasteiger partial charge in [-0.1, -0.05) is 35.0 Å². The van der Waals surface area contributed by atoms with Gasteiger partial charge in [-0.25, -0.2) is 13.4 Å². The first-order valence-electron chi connectivity index (χ1n) is 7.72. The number of sulfone groups is 1. The second-order valence-corrected chi connectivity index (χ2v) is 8.24. The van der Waals surface area contributed by atoms with Crippen molar-refractivity contribution in [2.24, 2.45) is 0 Å². The zero-order valence-corrected chi connectivity index (χ0v) is 15.5. The molecule has 9 heteroatoms. The van der Waals surface area contributed by atoms with Crippen molar-refractivity contribution in [2.75, 3.05) is 19.0 Å². The average molecular weight is 388 g/mol. The van der Waals surface area contributed by atoms with E-state index >= 15 is 0 Å². The summed E-state index contributed by atoms with van der Waals surface area (Å²) in [4.78, 5) is 6.40. The number of anilines is 1. The fraction of sp³-hybridized carbons (Fsp3) is 0.118. The van der Waals surface area contributed by atoms with Crippen molar-refractivity contribution in [1.82, 2.24) is 19.8 Å². The van der Waals surface area contributed by atoms with Crippen LogP contribution in [0.2, 0.25) is 5.02 Å². The Kier molecular flexibility index (Phi) is 3.82. The number of nitrogens with zero attached hydrogens (tertiary/aromatic N) is 5. The summed E-state index contributed by atoms with van der Waals surface area (Å²) in [5.41, 5.74) is 0.897. The highest BCUT2D eigenvalue weighted by molar-refractivity contribution is 7.91. The fourth-order valence-electron chi connectivity index (χ4n) is 2.79. The fourth-order valence-corrected chi connectivity index (χ4v) is 4.32. The number of fused-ring (bicyclic) bond motifs is 3. The van der Waals surface area contributed by atoms with Crippen molar-refractivity contribution >= 4 is 43.8 Å². The molecule has 2 aromatic carbocycles. The van der Waals surface area contributed by atoms with E-state index in [1.807, 2.05) is 43.3 Å². The van der Waals surface area contributed by atoms with E-state index in [1.165, 1.54) is 16.6 Å². The molecule has 26 heavy (non-hydrogen) atoms. The molecule has 0 aliphatic rings. The van der Waals surface area contributed by atoms with Crippen LogP contribution in [0.4, 0.5) is 5.82 Å². The quantitative estimate of drug-likeness (QED) is 0.537. The predicted octanol–water partition coefficient (Wildman–Crippen LogP) is 2.83. The molecule has 0 radical (unpaired) electrons. The standard InChI is InChI=1S/C17H14ClN5O2S/c1-22(2)15-13-8-3-4-9-14(13)23-16(19-15)17(20-21-23)26(24,25)12-7-5-6-11(18)10-12/h3-10H,1-2H3. The molecular formula is C17H14ClN5O2S. The number of aromatic nitrogens is 4. The maximum Gasteiger partial charge on any atom is 0.229 e. The second-order valence-electron chi connectivity index (χ2n) is 5.94. The van der Waals surface area contributed by atoms with Gasteiger partial charge in [0.1, 0.15) is 5.82 Å². The van der Waals surface area contributed by atoms with Crippen LogP contribution < -0.4 is 4.90 Å². The summed E-state index contributed by atoms with van der Waals surface area (Å²) in [6.07, 6.45) is 0. The van der Waals surface area contributed by atoms with Crippen LogP contribution in [0.1, 0.15) is 0 Å². The molecule has 2 aromatic heterocycles. The molecule has 0 unspecified atom stereocenters. The molecule has 0 spiro atoms. The van der Waals surface area contributed by atoms with Crippen LogP contribution in [0.15, 0.2) is 58.5 Å². The lowest BCUT2D eigenvalue weighted by atomic mass is 10.2. The third-order valence-electron chi connectivity index (χ3n) is 3.99. The average Bonchev–Trinajstić information content (AvgIpc) is 3.06. The van der Waals surface area contributed by atoms with E-state index in [-0.39, 0.29) is 15.6 Å². The molecule has 0 aliphatic heterocycles. The van der Waals surface area contributed by atoms with Gasteiger partial charge in [0.2, 0.25) is 14.9 Å². The third-order valence-corrected chi connectivity index (χ3v) is 5.87. The third kappa shape index (κ3) is 2.49. The van der Waals surface area contributed by atoms with E-state index in [0.29, 0.717) is 10.8 Å². The maximum absolute atomic E-state index is 13.1. The van der Waals surface area contributed by atoms with E-state index in [4.69, 9.17) is 11.6 Å². The molecule has 0 N–H and O–H groups in total. The van der Waals surface area contributed by atoms with E-state index < -0.39 is 9.84 Å². The SMILES string of the molecule is CN(C)c1nc2c(S(=O)(=O)c3cccc(Cl)c3)nnn2c2ccccc12. The van der Waals surface area contributed by atoms with Gasteiger partial charge in [0.15, 0.2) is 5.65 Å². The van der Waals surface area contributed by atoms with Crippen molar-refractivity contribution in [3.8, 4) is 0 Å². The summed E-state index contributed by atoms with van der Waals surface area (Å²) in [6, 6.07) is 13.5. The Bertz CT molecular complexity index is 1250. The summed E-state index contributed by atoms with van der Waals surface area (Å²) in [5.74, 6) is 0.637. The van der Waals surface area contributed by atoms with Crippen LogP contribution in [-0.2, 0) is 9.84 Å². The van der Waals surface area contributed by atoms with Gasteiger partial charge in [0.05, 0.1) is 10.4 Å². The number of para-hydroxylation sites is 1. The Balaban J connectivity index is 2.07. The first-order valence-corrected chi connectivity index (χ1v) is 9.58. The van der Waals surface area contributed by atoms with Crippen molar-refractivity contribution in [3.63, 3.8) is 0 Å². The summed E-state index contributed by atoms with van der Waals surface area (Å²) in [5, 5.41) is 8.94. The summed E-state index contributed by atoms with van der Waals surface area (Å²) in [7, 11) is -0.221. The lowest BCUT2D eigenvalue weighted by Gasteiger charge is -2.14. The first kappa shape index (κ1) is 16.7. The highest BCUT2D eigenvalue weighted by Gasteiger charge is 2.27. The van der Waals surface area contributed by atoms with Crippen molar-refractivity contribution < 1.29 is 8.42 Å². The zero-order valence-electron chi connectivity index (χ0n) is 14.0. The maximum atomic E-state index is 13.1. The normalized spacial score (nSPS) is 12.0. The monoisotopic (exact) mass is 387 g/mol. The van der Waals surface area contributed by atoms with Crippen LogP contribution in [0.25, 0.3) is 16.6 Å². The van der Waals surface area contributed by atoms with Crippen LogP contribution in [-0.4, -0.2) is 42.3 Å². The highest BCUT2D eigenvalue weighted by atomic mass is 35.5. The molecule has 0 atom stereocenters. The second kappa shape index (κ2) is 5.93. The van der Waals surface area contributed by atoms with Gasteiger partial charge >= 0.3 is 0 Å². The Labute approximate surface area is 154 Å². The Morgan fingerprint density at radius 2 is 1.85 bits per heavy atom. The molecule has 4 aromatic rings. The van der Waals surface area contributed by atoms with E-state index in [1.54, 1.807) is 12.1 Å². The molecule has 0 bridgehead atoms. The molecule has 0 aliphatic carbocycles. The first-order chi connectivity index (χ1) is 12.4. The van der Waals surface area contributed by atoms with Crippen LogP contribution in [0.3, 0.4) is 0 Å². The predicted molar refractivity (Wildman–Crippen MR) is 99.5 cm³/mol. The number of hydrogen-bond donors (Lipinski definition) is 0. The van der Waals surface area contributed by atoms with Gasteiger partial charge in [-0.2, -0.15) is 4.52 Å². The van der Waals surface area contributed by atoms with Crippen LogP contribution in [0, 0.1) is 0 Å². The minimum Gasteiger partial charge on any atom is -0.362 e. The molecule has 0 saturated carbocycles. The molecular weight excluding hydrogens is 374 g/mol. The summed E-state index contributed by atoms with van der Waals surface area (Å²) < 4.78 is 27.5. The molecule has 0 saturated heterocycles. The summed E-state index contributed by atoms with van der Waals surface area (Å²) in [6.45, 7) is 0. The number of benzene rings is 2. The topological polar surface area (TPSA) is 80.5 Å². The Morgan fingerprint density at radius 1 is 1.08 bits per heavy atom. The zero-order chi connectivity index (χ0) is 18.5. The minimum atomic E-state index is -3.92. The largest absolute Gasteiger partial charge is 0.362 e. The van der Waals surface area contributed by atoms with Gasteiger partial charge in [-0.15, -0.1) is 5.10 Å². The van der Waals surface area contributed by atoms with Crippen LogP contribution >= 0.6 is 11.6 Å². The molecule has 0 amide bonds. The molecule has 2 heterocycles. The molecule has 4 rings (SSSR count). The van der Waals surface area contributed by atoms with Crippen LogP contribution in [0.5, 0.6) is 0 Å². The van der Waals surface area contributed by atoms with E-state index in [0.717, 1.165) is 10.9 Å². The minimum absolute atomic E-state index is 0.0498. The van der Waals surface area contributed by atoms with Gasteiger partial charge in [0.25, 0.3) is 0 Å². The molecule has 0 fully saturated rings. The number of halogens is 1. The van der Waals surface area contributed by atoms with Gasteiger partial charge in [0, 0.05) is 24.5 Å². The van der Waals surface area contributed by atoms with E-state index in [9.17, 15) is 8.42 Å². The number of hydrogen-bond acceptors (Lipinski definition) is 6. The number of rotatable bonds is 3. The molecule has 132 valence electrons. The smallest absolute Gasteiger partial charge is 0.229 e. The van der Waals surface area contributed by atoms with Crippen molar-refractivity contribution in [1.29, 1.82) is 0 Å². The molecule has 7 nitrogen and oxygen atoms in total. The van der Waals surface area contributed by atoms with Crippen molar-refractivity contribution in [2.45, 2.75) is 9.92 Å². The summed E-state index contributed by atoms with van der Waals surface area (Å²) >= 11 is 5.95. The Morgan fingerprint density at radius 3 is 2.58 bits per heavy atom. The van der Waals surface area contributed by atoms with Gasteiger partial charge in [-0.05, 0) is 30.3 Å². The lowest BCUT2D eigenvalue weighted by molar-refractivity contribution is 0.592. The highest BCUT2D eigenvalue weighted by Crippen LogP contribution is 2.29. The lowest BCUT2D eigenvalue weighted by Crippen LogP contribution is -2.13. The van der Waals surface area contributed by atoms with Gasteiger partial charge in [-0.3, -0.25) is 0 Å². The van der Waals surface area contributed by atoms with E-state index in [2.05, 4.69) is 15.3 Å².